The Labute approximate surface area is 172 Å². The molecule has 0 bridgehead atoms. The van der Waals surface area contributed by atoms with Crippen LogP contribution in [0.4, 0.5) is 13.2 Å². The minimum Gasteiger partial charge on any atom is -0.428 e. The number of fused-ring (bicyclic) bond motifs is 2. The fraction of sp³-hybridized carbons (Fsp3) is 0.200. The second-order valence-electron chi connectivity index (χ2n) is 6.89. The maximum atomic E-state index is 12.9. The van der Waals surface area contributed by atoms with Crippen molar-refractivity contribution in [2.75, 3.05) is 0 Å². The van der Waals surface area contributed by atoms with E-state index in [9.17, 15) is 28.0 Å². The Morgan fingerprint density at radius 1 is 1.03 bits per heavy atom. The first-order valence-corrected chi connectivity index (χ1v) is 9.29. The highest BCUT2D eigenvalue weighted by Crippen LogP contribution is 2.39. The summed E-state index contributed by atoms with van der Waals surface area (Å²) in [5, 5.41) is 10.9. The second-order valence-corrected chi connectivity index (χ2v) is 7.73. The quantitative estimate of drug-likeness (QED) is 0.508. The Bertz CT molecular complexity index is 1230. The van der Waals surface area contributed by atoms with Crippen LogP contribution in [0.15, 0.2) is 41.2 Å². The molecule has 0 radical (unpaired) electrons. The lowest BCUT2D eigenvalue weighted by atomic mass is 9.81. The van der Waals surface area contributed by atoms with Crippen molar-refractivity contribution in [3.63, 3.8) is 0 Å². The van der Waals surface area contributed by atoms with Gasteiger partial charge in [0.25, 0.3) is 0 Å². The summed E-state index contributed by atoms with van der Waals surface area (Å²) in [5.41, 5.74) is -0.934. The average Bonchev–Trinajstić information content (AvgIpc) is 2.64. The van der Waals surface area contributed by atoms with Gasteiger partial charge in [0.05, 0.1) is 27.7 Å². The minimum absolute atomic E-state index is 0.0659. The molecule has 2 aromatic carbocycles. The van der Waals surface area contributed by atoms with Crippen LogP contribution in [0.1, 0.15) is 39.5 Å². The number of hydrogen-bond donors (Lipinski definition) is 1. The SMILES string of the molecule is O=C1CC(c2ccc(C(F)(F)F)cc2Cl)Cc2c1c(=O)c1cc(Cl)ccc1n2O. The van der Waals surface area contributed by atoms with Crippen molar-refractivity contribution in [2.45, 2.75) is 24.9 Å². The molecule has 1 heterocycles. The molecule has 0 spiro atoms. The van der Waals surface area contributed by atoms with Crippen LogP contribution in [0.25, 0.3) is 10.9 Å². The minimum atomic E-state index is -4.54. The molecule has 1 unspecified atom stereocenters. The van der Waals surface area contributed by atoms with Crippen molar-refractivity contribution < 1.29 is 23.2 Å². The molecule has 4 rings (SSSR count). The van der Waals surface area contributed by atoms with E-state index >= 15 is 0 Å². The van der Waals surface area contributed by atoms with Crippen LogP contribution in [0.3, 0.4) is 0 Å². The fourth-order valence-electron chi connectivity index (χ4n) is 3.75. The van der Waals surface area contributed by atoms with Gasteiger partial charge in [0.15, 0.2) is 5.78 Å². The number of aromatic nitrogens is 1. The highest BCUT2D eigenvalue weighted by atomic mass is 35.5. The zero-order chi connectivity index (χ0) is 21.1. The lowest BCUT2D eigenvalue weighted by molar-refractivity contribution is -0.137. The first-order chi connectivity index (χ1) is 13.6. The van der Waals surface area contributed by atoms with Crippen molar-refractivity contribution in [3.05, 3.63) is 79.1 Å². The summed E-state index contributed by atoms with van der Waals surface area (Å²) < 4.78 is 39.4. The molecule has 0 saturated carbocycles. The van der Waals surface area contributed by atoms with Gasteiger partial charge in [-0.2, -0.15) is 17.9 Å². The van der Waals surface area contributed by atoms with Gasteiger partial charge >= 0.3 is 6.18 Å². The van der Waals surface area contributed by atoms with Crippen LogP contribution in [0.5, 0.6) is 0 Å². The molecule has 29 heavy (non-hydrogen) atoms. The number of nitrogens with zero attached hydrogens (tertiary/aromatic N) is 1. The van der Waals surface area contributed by atoms with Gasteiger partial charge in [0, 0.05) is 16.5 Å². The van der Waals surface area contributed by atoms with Gasteiger partial charge in [-0.15, -0.1) is 0 Å². The van der Waals surface area contributed by atoms with Crippen molar-refractivity contribution >= 4 is 39.9 Å². The summed E-state index contributed by atoms with van der Waals surface area (Å²) in [6.45, 7) is 0. The Kier molecular flexibility index (Phi) is 4.63. The monoisotopic (exact) mass is 441 g/mol. The second kappa shape index (κ2) is 6.78. The molecule has 1 atom stereocenters. The van der Waals surface area contributed by atoms with Crippen LogP contribution in [0.2, 0.25) is 10.0 Å². The summed E-state index contributed by atoms with van der Waals surface area (Å²) in [6.07, 6.45) is -4.58. The summed E-state index contributed by atoms with van der Waals surface area (Å²) in [4.78, 5) is 25.5. The van der Waals surface area contributed by atoms with E-state index in [-0.39, 0.29) is 45.0 Å². The van der Waals surface area contributed by atoms with E-state index in [2.05, 4.69) is 0 Å². The molecule has 1 aliphatic rings. The van der Waals surface area contributed by atoms with Crippen molar-refractivity contribution in [1.29, 1.82) is 0 Å². The number of carbonyl (C=O) groups excluding carboxylic acids is 1. The van der Waals surface area contributed by atoms with E-state index in [0.717, 1.165) is 16.9 Å². The molecule has 0 amide bonds. The van der Waals surface area contributed by atoms with Crippen molar-refractivity contribution in [3.8, 4) is 0 Å². The smallest absolute Gasteiger partial charge is 0.416 e. The molecule has 9 heteroatoms. The highest BCUT2D eigenvalue weighted by molar-refractivity contribution is 6.31. The van der Waals surface area contributed by atoms with Gasteiger partial charge in [-0.25, -0.2) is 0 Å². The van der Waals surface area contributed by atoms with Gasteiger partial charge in [0.2, 0.25) is 5.43 Å². The molecular weight excluding hydrogens is 430 g/mol. The van der Waals surface area contributed by atoms with Gasteiger partial charge < -0.3 is 5.21 Å². The number of hydrogen-bond acceptors (Lipinski definition) is 3. The Morgan fingerprint density at radius 3 is 2.41 bits per heavy atom. The molecule has 150 valence electrons. The van der Waals surface area contributed by atoms with Crippen LogP contribution in [0, 0.1) is 0 Å². The number of rotatable bonds is 1. The molecule has 0 saturated heterocycles. The molecule has 0 aliphatic heterocycles. The maximum absolute atomic E-state index is 12.9. The molecule has 1 aromatic heterocycles. The fourth-order valence-corrected chi connectivity index (χ4v) is 4.26. The van der Waals surface area contributed by atoms with E-state index in [0.29, 0.717) is 5.56 Å². The maximum Gasteiger partial charge on any atom is 0.416 e. The summed E-state index contributed by atoms with van der Waals surface area (Å²) in [5.74, 6) is -1.09. The summed E-state index contributed by atoms with van der Waals surface area (Å²) in [6, 6.07) is 7.27. The zero-order valence-corrected chi connectivity index (χ0v) is 16.1. The standard InChI is InChI=1S/C20H12Cl2F3NO3/c21-11-2-4-15-13(8-11)19(28)18-16(26(15)29)5-9(6-17(18)27)12-3-1-10(7-14(12)22)20(23,24)25/h1-4,7-9,29H,5-6H2. The predicted octanol–water partition coefficient (Wildman–Crippen LogP) is 5.48. The van der Waals surface area contributed by atoms with Crippen molar-refractivity contribution in [2.24, 2.45) is 0 Å². The van der Waals surface area contributed by atoms with E-state index in [1.54, 1.807) is 0 Å². The lowest BCUT2D eigenvalue weighted by Crippen LogP contribution is -2.30. The number of alkyl halides is 3. The molecule has 1 N–H and O–H groups in total. The van der Waals surface area contributed by atoms with Gasteiger partial charge in [-0.05, 0) is 48.2 Å². The lowest BCUT2D eigenvalue weighted by Gasteiger charge is -2.26. The van der Waals surface area contributed by atoms with Gasteiger partial charge in [0.1, 0.15) is 0 Å². The predicted molar refractivity (Wildman–Crippen MR) is 102 cm³/mol. The van der Waals surface area contributed by atoms with E-state index in [1.165, 1.54) is 24.3 Å². The van der Waals surface area contributed by atoms with Crippen LogP contribution in [-0.4, -0.2) is 15.7 Å². The average molecular weight is 442 g/mol. The Morgan fingerprint density at radius 2 is 1.76 bits per heavy atom. The largest absolute Gasteiger partial charge is 0.428 e. The highest BCUT2D eigenvalue weighted by Gasteiger charge is 2.35. The molecular formula is C20H12Cl2F3NO3. The van der Waals surface area contributed by atoms with Crippen LogP contribution in [-0.2, 0) is 12.6 Å². The van der Waals surface area contributed by atoms with Crippen molar-refractivity contribution in [1.82, 2.24) is 4.73 Å². The zero-order valence-electron chi connectivity index (χ0n) is 14.6. The third-order valence-electron chi connectivity index (χ3n) is 5.12. The first kappa shape index (κ1) is 19.8. The number of Topliss-reactive ketones (excluding diaryl/α,β-unsaturated/α-hetero) is 1. The third kappa shape index (κ3) is 3.28. The normalized spacial score (nSPS) is 16.9. The number of carbonyl (C=O) groups is 1. The number of benzene rings is 2. The molecule has 0 fully saturated rings. The Hall–Kier alpha value is -2.51. The molecule has 3 aromatic rings. The first-order valence-electron chi connectivity index (χ1n) is 8.54. The van der Waals surface area contributed by atoms with Gasteiger partial charge in [-0.1, -0.05) is 29.3 Å². The van der Waals surface area contributed by atoms with Gasteiger partial charge in [-0.3, -0.25) is 9.59 Å². The molecule has 4 nitrogen and oxygen atoms in total. The number of ketones is 1. The molecule has 1 aliphatic carbocycles. The summed E-state index contributed by atoms with van der Waals surface area (Å²) >= 11 is 12.0. The van der Waals surface area contributed by atoms with E-state index in [4.69, 9.17) is 23.2 Å². The Balaban J connectivity index is 1.84. The number of pyridine rings is 1. The topological polar surface area (TPSA) is 59.3 Å². The van der Waals surface area contributed by atoms with Crippen LogP contribution >= 0.6 is 23.2 Å². The van der Waals surface area contributed by atoms with E-state index in [1.807, 2.05) is 0 Å². The third-order valence-corrected chi connectivity index (χ3v) is 5.68. The van der Waals surface area contributed by atoms with Crippen LogP contribution < -0.4 is 5.43 Å². The summed E-state index contributed by atoms with van der Waals surface area (Å²) in [7, 11) is 0. The van der Waals surface area contributed by atoms with E-state index < -0.39 is 28.9 Å². The number of halogens is 5.